The fourth-order valence-electron chi connectivity index (χ4n) is 3.50. The van der Waals surface area contributed by atoms with Gasteiger partial charge in [0, 0.05) is 44.4 Å². The third-order valence-electron chi connectivity index (χ3n) is 4.97. The van der Waals surface area contributed by atoms with E-state index in [-0.39, 0.29) is 6.04 Å². The van der Waals surface area contributed by atoms with E-state index in [2.05, 4.69) is 61.9 Å². The fourth-order valence-corrected chi connectivity index (χ4v) is 3.50. The van der Waals surface area contributed by atoms with Gasteiger partial charge in [-0.3, -0.25) is 4.90 Å². The molecule has 144 valence electrons. The van der Waals surface area contributed by atoms with Crippen molar-refractivity contribution in [3.63, 3.8) is 0 Å². The summed E-state index contributed by atoms with van der Waals surface area (Å²) in [4.78, 5) is 13.4. The summed E-state index contributed by atoms with van der Waals surface area (Å²) in [7, 11) is 0. The molecule has 0 unspecified atom stereocenters. The van der Waals surface area contributed by atoms with E-state index >= 15 is 0 Å². The van der Waals surface area contributed by atoms with Gasteiger partial charge < -0.3 is 9.32 Å². The molecule has 27 heavy (non-hydrogen) atoms. The molecule has 4 rings (SSSR count). The first-order chi connectivity index (χ1) is 13.0. The molecule has 0 spiro atoms. The average Bonchev–Trinajstić information content (AvgIpc) is 3.29. The summed E-state index contributed by atoms with van der Waals surface area (Å²) in [6, 6.07) is 2.18. The first kappa shape index (κ1) is 17.8. The molecule has 9 heteroatoms. The van der Waals surface area contributed by atoms with Crippen LogP contribution in [0, 0.1) is 12.8 Å². The van der Waals surface area contributed by atoms with Crippen LogP contribution in [-0.4, -0.2) is 60.9 Å². The van der Waals surface area contributed by atoms with Gasteiger partial charge in [-0.2, -0.15) is 14.6 Å². The van der Waals surface area contributed by atoms with Crippen LogP contribution in [0.3, 0.4) is 0 Å². The molecule has 0 aromatic carbocycles. The molecule has 0 aliphatic carbocycles. The number of piperazine rings is 1. The highest BCUT2D eigenvalue weighted by Crippen LogP contribution is 2.24. The van der Waals surface area contributed by atoms with E-state index in [0.29, 0.717) is 17.6 Å². The molecule has 9 nitrogen and oxygen atoms in total. The number of rotatable bonds is 5. The van der Waals surface area contributed by atoms with Crippen LogP contribution in [0.5, 0.6) is 0 Å². The summed E-state index contributed by atoms with van der Waals surface area (Å²) in [6.07, 6.45) is 2.37. The Bertz CT molecular complexity index is 909. The monoisotopic (exact) mass is 370 g/mol. The largest absolute Gasteiger partial charge is 0.424 e. The van der Waals surface area contributed by atoms with Crippen LogP contribution < -0.4 is 4.90 Å². The molecular weight excluding hydrogens is 344 g/mol. The molecule has 1 atom stereocenters. The predicted molar refractivity (Wildman–Crippen MR) is 101 cm³/mol. The third-order valence-corrected chi connectivity index (χ3v) is 4.97. The molecule has 0 N–H and O–H groups in total. The van der Waals surface area contributed by atoms with Crippen molar-refractivity contribution in [1.82, 2.24) is 34.7 Å². The summed E-state index contributed by atoms with van der Waals surface area (Å²) in [6.45, 7) is 12.1. The van der Waals surface area contributed by atoms with Crippen molar-refractivity contribution in [2.75, 3.05) is 31.1 Å². The van der Waals surface area contributed by atoms with Gasteiger partial charge in [-0.25, -0.2) is 4.98 Å². The fraction of sp³-hybridized carbons (Fsp3) is 0.611. The standard InChI is InChI=1S/C18H26N8O/c1-12(2)9-15-22-23-17(27-15)14(4)24-5-7-25(8-6-24)16-10-13(3)21-18-19-11-20-26(16)18/h10-12,14H,5-9H2,1-4H3/t14-/m1/s1. The average molecular weight is 370 g/mol. The van der Waals surface area contributed by atoms with Gasteiger partial charge in [0.05, 0.1) is 6.04 Å². The summed E-state index contributed by atoms with van der Waals surface area (Å²) in [5, 5.41) is 12.8. The van der Waals surface area contributed by atoms with E-state index in [1.54, 1.807) is 6.33 Å². The van der Waals surface area contributed by atoms with Crippen LogP contribution in [0.15, 0.2) is 16.8 Å². The first-order valence-corrected chi connectivity index (χ1v) is 9.50. The number of anilines is 1. The Kier molecular flexibility index (Phi) is 4.77. The van der Waals surface area contributed by atoms with Gasteiger partial charge in [-0.1, -0.05) is 13.8 Å². The van der Waals surface area contributed by atoms with Crippen molar-refractivity contribution in [3.8, 4) is 0 Å². The van der Waals surface area contributed by atoms with Gasteiger partial charge in [0.25, 0.3) is 5.78 Å². The second kappa shape index (κ2) is 7.22. The highest BCUT2D eigenvalue weighted by Gasteiger charge is 2.27. The van der Waals surface area contributed by atoms with Crippen LogP contribution in [0.2, 0.25) is 0 Å². The molecule has 0 radical (unpaired) electrons. The van der Waals surface area contributed by atoms with Crippen LogP contribution in [0.25, 0.3) is 5.78 Å². The van der Waals surface area contributed by atoms with Gasteiger partial charge >= 0.3 is 0 Å². The van der Waals surface area contributed by atoms with E-state index in [4.69, 9.17) is 4.42 Å². The number of hydrogen-bond donors (Lipinski definition) is 0. The molecule has 0 bridgehead atoms. The maximum atomic E-state index is 5.88. The minimum atomic E-state index is 0.117. The zero-order valence-electron chi connectivity index (χ0n) is 16.3. The predicted octanol–water partition coefficient (Wildman–Crippen LogP) is 1.90. The molecule has 1 fully saturated rings. The van der Waals surface area contributed by atoms with E-state index in [1.807, 2.05) is 11.4 Å². The molecule has 0 amide bonds. The Labute approximate surface area is 158 Å². The Morgan fingerprint density at radius 1 is 1.11 bits per heavy atom. The molecule has 1 aliphatic rings. The molecule has 4 heterocycles. The van der Waals surface area contributed by atoms with Gasteiger partial charge in [0.1, 0.15) is 12.1 Å². The van der Waals surface area contributed by atoms with Gasteiger partial charge in [-0.15, -0.1) is 10.2 Å². The zero-order valence-corrected chi connectivity index (χ0v) is 16.3. The van der Waals surface area contributed by atoms with Crippen molar-refractivity contribution in [2.24, 2.45) is 5.92 Å². The van der Waals surface area contributed by atoms with Crippen molar-refractivity contribution >= 4 is 11.6 Å². The topological polar surface area (TPSA) is 88.5 Å². The summed E-state index contributed by atoms with van der Waals surface area (Å²) in [5.74, 6) is 3.63. The van der Waals surface area contributed by atoms with Crippen LogP contribution in [-0.2, 0) is 6.42 Å². The van der Waals surface area contributed by atoms with Crippen molar-refractivity contribution < 1.29 is 4.42 Å². The Hall–Kier alpha value is -2.55. The Balaban J connectivity index is 1.44. The molecule has 1 aliphatic heterocycles. The summed E-state index contributed by atoms with van der Waals surface area (Å²) >= 11 is 0. The number of fused-ring (bicyclic) bond motifs is 1. The van der Waals surface area contributed by atoms with Crippen LogP contribution in [0.4, 0.5) is 5.82 Å². The maximum Gasteiger partial charge on any atom is 0.254 e. The summed E-state index contributed by atoms with van der Waals surface area (Å²) in [5.41, 5.74) is 0.949. The normalized spacial score (nSPS) is 17.1. The number of aromatic nitrogens is 6. The lowest BCUT2D eigenvalue weighted by atomic mass is 10.1. The van der Waals surface area contributed by atoms with Gasteiger partial charge in [-0.05, 0) is 19.8 Å². The highest BCUT2D eigenvalue weighted by molar-refractivity contribution is 5.47. The lowest BCUT2D eigenvalue weighted by Crippen LogP contribution is -2.47. The minimum Gasteiger partial charge on any atom is -0.424 e. The molecule has 1 saturated heterocycles. The SMILES string of the molecule is Cc1cc(N2CCN([C@H](C)c3nnc(CC(C)C)o3)CC2)n2ncnc2n1. The van der Waals surface area contributed by atoms with E-state index in [0.717, 1.165) is 50.0 Å². The molecule has 3 aromatic heterocycles. The lowest BCUT2D eigenvalue weighted by Gasteiger charge is -2.37. The maximum absolute atomic E-state index is 5.88. The van der Waals surface area contributed by atoms with E-state index < -0.39 is 0 Å². The molecule has 3 aromatic rings. The minimum absolute atomic E-state index is 0.117. The number of hydrogen-bond acceptors (Lipinski definition) is 8. The summed E-state index contributed by atoms with van der Waals surface area (Å²) < 4.78 is 7.68. The third kappa shape index (κ3) is 3.64. The van der Waals surface area contributed by atoms with Crippen LogP contribution in [0.1, 0.15) is 44.3 Å². The van der Waals surface area contributed by atoms with Gasteiger partial charge in [0.2, 0.25) is 11.8 Å². The highest BCUT2D eigenvalue weighted by atomic mass is 16.4. The smallest absolute Gasteiger partial charge is 0.254 e. The molecule has 0 saturated carbocycles. The number of aryl methyl sites for hydroxylation is 1. The Morgan fingerprint density at radius 2 is 1.89 bits per heavy atom. The van der Waals surface area contributed by atoms with Crippen molar-refractivity contribution in [1.29, 1.82) is 0 Å². The zero-order chi connectivity index (χ0) is 19.0. The second-order valence-electron chi connectivity index (χ2n) is 7.56. The van der Waals surface area contributed by atoms with E-state index in [9.17, 15) is 0 Å². The van der Waals surface area contributed by atoms with Crippen molar-refractivity contribution in [2.45, 2.75) is 40.2 Å². The first-order valence-electron chi connectivity index (χ1n) is 9.50. The van der Waals surface area contributed by atoms with Crippen LogP contribution >= 0.6 is 0 Å². The lowest BCUT2D eigenvalue weighted by molar-refractivity contribution is 0.170. The Morgan fingerprint density at radius 3 is 2.63 bits per heavy atom. The quantitative estimate of drug-likeness (QED) is 0.673. The second-order valence-corrected chi connectivity index (χ2v) is 7.56. The number of nitrogens with zero attached hydrogens (tertiary/aromatic N) is 8. The van der Waals surface area contributed by atoms with Gasteiger partial charge in [0.15, 0.2) is 0 Å². The molecular formula is C18H26N8O. The van der Waals surface area contributed by atoms with Crippen molar-refractivity contribution in [3.05, 3.63) is 29.9 Å². The van der Waals surface area contributed by atoms with E-state index in [1.165, 1.54) is 0 Å².